The third kappa shape index (κ3) is 4.82. The maximum absolute atomic E-state index is 12.6. The predicted octanol–water partition coefficient (Wildman–Crippen LogP) is 5.53. The molecule has 0 aliphatic rings. The lowest BCUT2D eigenvalue weighted by atomic mass is 9.89. The SMILES string of the molecule is CC(C)(C)c1n[nH]cc1CNc1ccc(Oc2ccc(C(F)(F)F)cn2)cc1. The first-order chi connectivity index (χ1) is 13.1. The van der Waals surface area contributed by atoms with Gasteiger partial charge in [0.2, 0.25) is 5.88 Å². The number of anilines is 1. The third-order valence-electron chi connectivity index (χ3n) is 4.05. The van der Waals surface area contributed by atoms with Gasteiger partial charge in [-0.1, -0.05) is 20.8 Å². The Morgan fingerprint density at radius 3 is 2.32 bits per heavy atom. The van der Waals surface area contributed by atoms with Crippen LogP contribution in [0, 0.1) is 0 Å². The van der Waals surface area contributed by atoms with Crippen molar-refractivity contribution in [2.75, 3.05) is 5.32 Å². The summed E-state index contributed by atoms with van der Waals surface area (Å²) < 4.78 is 43.2. The van der Waals surface area contributed by atoms with Crippen LogP contribution in [-0.4, -0.2) is 15.2 Å². The Kier molecular flexibility index (Phi) is 5.31. The van der Waals surface area contributed by atoms with Crippen molar-refractivity contribution in [3.63, 3.8) is 0 Å². The predicted molar refractivity (Wildman–Crippen MR) is 100 cm³/mol. The van der Waals surface area contributed by atoms with E-state index in [-0.39, 0.29) is 11.3 Å². The van der Waals surface area contributed by atoms with Crippen molar-refractivity contribution < 1.29 is 17.9 Å². The van der Waals surface area contributed by atoms with Gasteiger partial charge in [-0.2, -0.15) is 18.3 Å². The molecule has 1 aromatic carbocycles. The van der Waals surface area contributed by atoms with Crippen LogP contribution in [0.15, 0.2) is 48.8 Å². The van der Waals surface area contributed by atoms with Crippen molar-refractivity contribution in [1.82, 2.24) is 15.2 Å². The molecule has 0 radical (unpaired) electrons. The summed E-state index contributed by atoms with van der Waals surface area (Å²) >= 11 is 0. The van der Waals surface area contributed by atoms with E-state index in [9.17, 15) is 13.2 Å². The minimum Gasteiger partial charge on any atom is -0.439 e. The Balaban J connectivity index is 1.60. The number of rotatable bonds is 5. The van der Waals surface area contributed by atoms with Crippen LogP contribution in [0.2, 0.25) is 0 Å². The number of alkyl halides is 3. The lowest BCUT2D eigenvalue weighted by Gasteiger charge is -2.17. The summed E-state index contributed by atoms with van der Waals surface area (Å²) in [6.07, 6.45) is -1.79. The topological polar surface area (TPSA) is 62.8 Å². The van der Waals surface area contributed by atoms with E-state index < -0.39 is 11.7 Å². The average molecular weight is 390 g/mol. The van der Waals surface area contributed by atoms with Crippen molar-refractivity contribution in [2.24, 2.45) is 0 Å². The van der Waals surface area contributed by atoms with Crippen LogP contribution in [0.5, 0.6) is 11.6 Å². The maximum Gasteiger partial charge on any atom is 0.417 e. The van der Waals surface area contributed by atoms with E-state index in [4.69, 9.17) is 4.74 Å². The first kappa shape index (κ1) is 19.7. The molecule has 2 heterocycles. The molecule has 3 rings (SSSR count). The number of nitrogens with zero attached hydrogens (tertiary/aromatic N) is 2. The second-order valence-corrected chi connectivity index (χ2v) is 7.37. The summed E-state index contributed by atoms with van der Waals surface area (Å²) in [5, 5.41) is 10.5. The van der Waals surface area contributed by atoms with Gasteiger partial charge in [-0.15, -0.1) is 0 Å². The number of hydrogen-bond donors (Lipinski definition) is 2. The Labute approximate surface area is 161 Å². The zero-order valence-electron chi connectivity index (χ0n) is 15.8. The van der Waals surface area contributed by atoms with Gasteiger partial charge in [0.05, 0.1) is 11.3 Å². The van der Waals surface area contributed by atoms with E-state index in [0.717, 1.165) is 29.2 Å². The van der Waals surface area contributed by atoms with Gasteiger partial charge in [0.15, 0.2) is 0 Å². The van der Waals surface area contributed by atoms with Crippen molar-refractivity contribution in [2.45, 2.75) is 38.9 Å². The molecule has 8 heteroatoms. The molecule has 0 amide bonds. The molecule has 0 aliphatic heterocycles. The van der Waals surface area contributed by atoms with Crippen LogP contribution < -0.4 is 10.1 Å². The van der Waals surface area contributed by atoms with Crippen molar-refractivity contribution in [3.05, 3.63) is 65.6 Å². The summed E-state index contributed by atoms with van der Waals surface area (Å²) in [6, 6.07) is 9.24. The van der Waals surface area contributed by atoms with Crippen molar-refractivity contribution in [1.29, 1.82) is 0 Å². The van der Waals surface area contributed by atoms with Gasteiger partial charge in [0, 0.05) is 41.7 Å². The van der Waals surface area contributed by atoms with Gasteiger partial charge in [0.1, 0.15) is 5.75 Å². The molecule has 28 heavy (non-hydrogen) atoms. The largest absolute Gasteiger partial charge is 0.439 e. The zero-order valence-corrected chi connectivity index (χ0v) is 15.8. The molecule has 0 aliphatic carbocycles. The Morgan fingerprint density at radius 2 is 1.75 bits per heavy atom. The highest BCUT2D eigenvalue weighted by Gasteiger charge is 2.30. The van der Waals surface area contributed by atoms with Crippen LogP contribution in [-0.2, 0) is 18.1 Å². The number of H-pyrrole nitrogens is 1. The molecule has 0 atom stereocenters. The Hall–Kier alpha value is -3.03. The van der Waals surface area contributed by atoms with E-state index in [1.165, 1.54) is 6.07 Å². The number of nitrogens with one attached hydrogen (secondary N) is 2. The van der Waals surface area contributed by atoms with E-state index in [2.05, 4.69) is 41.3 Å². The van der Waals surface area contributed by atoms with E-state index >= 15 is 0 Å². The molecule has 2 N–H and O–H groups in total. The summed E-state index contributed by atoms with van der Waals surface area (Å²) in [4.78, 5) is 3.70. The minimum atomic E-state index is -4.42. The van der Waals surface area contributed by atoms with E-state index in [1.54, 1.807) is 12.1 Å². The van der Waals surface area contributed by atoms with Gasteiger partial charge < -0.3 is 10.1 Å². The first-order valence-corrected chi connectivity index (χ1v) is 8.71. The lowest BCUT2D eigenvalue weighted by Crippen LogP contribution is -2.15. The summed E-state index contributed by atoms with van der Waals surface area (Å²) in [5.41, 5.74) is 2.11. The molecule has 0 saturated heterocycles. The van der Waals surface area contributed by atoms with Crippen molar-refractivity contribution in [3.8, 4) is 11.6 Å². The molecule has 3 aromatic rings. The average Bonchev–Trinajstić information content (AvgIpc) is 3.10. The van der Waals surface area contributed by atoms with Crippen molar-refractivity contribution >= 4 is 5.69 Å². The molecule has 0 bridgehead atoms. The fourth-order valence-corrected chi connectivity index (χ4v) is 2.67. The summed E-state index contributed by atoms with van der Waals surface area (Å²) in [6.45, 7) is 6.93. The highest BCUT2D eigenvalue weighted by molar-refractivity contribution is 5.47. The number of hydrogen-bond acceptors (Lipinski definition) is 4. The highest BCUT2D eigenvalue weighted by atomic mass is 19.4. The van der Waals surface area contributed by atoms with Gasteiger partial charge >= 0.3 is 6.18 Å². The molecule has 2 aromatic heterocycles. The van der Waals surface area contributed by atoms with Gasteiger partial charge in [-0.05, 0) is 30.3 Å². The third-order valence-corrected chi connectivity index (χ3v) is 4.05. The Bertz CT molecular complexity index is 910. The second-order valence-electron chi connectivity index (χ2n) is 7.37. The number of ether oxygens (including phenoxy) is 1. The van der Waals surface area contributed by atoms with Crippen LogP contribution in [0.4, 0.5) is 18.9 Å². The zero-order chi connectivity index (χ0) is 20.4. The number of aromatic nitrogens is 3. The van der Waals surface area contributed by atoms with Crippen LogP contribution in [0.1, 0.15) is 37.6 Å². The first-order valence-electron chi connectivity index (χ1n) is 8.71. The monoisotopic (exact) mass is 390 g/mol. The standard InChI is InChI=1S/C20H21F3N4O/c1-19(2,3)18-13(11-26-27-18)10-24-15-5-7-16(8-6-15)28-17-9-4-14(12-25-17)20(21,22)23/h4-9,11-12,24H,10H2,1-3H3,(H,26,27). The molecule has 148 valence electrons. The highest BCUT2D eigenvalue weighted by Crippen LogP contribution is 2.30. The van der Waals surface area contributed by atoms with Crippen LogP contribution in [0.3, 0.4) is 0 Å². The molecule has 5 nitrogen and oxygen atoms in total. The normalized spacial score (nSPS) is 12.1. The van der Waals surface area contributed by atoms with E-state index in [1.807, 2.05) is 18.3 Å². The second kappa shape index (κ2) is 7.53. The fraction of sp³-hybridized carbons (Fsp3) is 0.300. The fourth-order valence-electron chi connectivity index (χ4n) is 2.67. The molecule has 0 unspecified atom stereocenters. The Morgan fingerprint density at radius 1 is 1.04 bits per heavy atom. The molecule has 0 fully saturated rings. The van der Waals surface area contributed by atoms with E-state index in [0.29, 0.717) is 12.3 Å². The van der Waals surface area contributed by atoms with Gasteiger partial charge in [-0.25, -0.2) is 4.98 Å². The number of pyridine rings is 1. The van der Waals surface area contributed by atoms with Crippen LogP contribution in [0.25, 0.3) is 0 Å². The minimum absolute atomic E-state index is 0.0522. The molecule has 0 spiro atoms. The van der Waals surface area contributed by atoms with Gasteiger partial charge in [0.25, 0.3) is 0 Å². The molecule has 0 saturated carbocycles. The smallest absolute Gasteiger partial charge is 0.417 e. The molecular formula is C20H21F3N4O. The number of benzene rings is 1. The quantitative estimate of drug-likeness (QED) is 0.602. The maximum atomic E-state index is 12.6. The summed E-state index contributed by atoms with van der Waals surface area (Å²) in [7, 11) is 0. The molecular weight excluding hydrogens is 369 g/mol. The van der Waals surface area contributed by atoms with Gasteiger partial charge in [-0.3, -0.25) is 5.10 Å². The number of halogens is 3. The van der Waals surface area contributed by atoms with Crippen LogP contribution >= 0.6 is 0 Å². The lowest BCUT2D eigenvalue weighted by molar-refractivity contribution is -0.137. The summed E-state index contributed by atoms with van der Waals surface area (Å²) in [5.74, 6) is 0.582. The number of aromatic amines is 1.